The van der Waals surface area contributed by atoms with E-state index in [0.717, 1.165) is 31.7 Å². The molecule has 122 valence electrons. The second-order valence-corrected chi connectivity index (χ2v) is 7.63. The van der Waals surface area contributed by atoms with Crippen LogP contribution in [0.3, 0.4) is 0 Å². The number of halogens is 2. The number of rotatable bonds is 3. The highest BCUT2D eigenvalue weighted by Crippen LogP contribution is 2.45. The smallest absolute Gasteiger partial charge is 0.136 e. The highest BCUT2D eigenvalue weighted by atomic mass is 79.9. The van der Waals surface area contributed by atoms with E-state index in [0.29, 0.717) is 27.2 Å². The van der Waals surface area contributed by atoms with E-state index >= 15 is 0 Å². The molecule has 2 aliphatic rings. The third-order valence-electron chi connectivity index (χ3n) is 5.06. The van der Waals surface area contributed by atoms with E-state index in [1.54, 1.807) is 0 Å². The predicted molar refractivity (Wildman–Crippen MR) is 94.6 cm³/mol. The Morgan fingerprint density at radius 3 is 2.55 bits per heavy atom. The third-order valence-corrected chi connectivity index (χ3v) is 6.41. The number of nitrogens with one attached hydrogen (secondary N) is 1. The summed E-state index contributed by atoms with van der Waals surface area (Å²) in [5, 5.41) is 14.6. The van der Waals surface area contributed by atoms with E-state index in [2.05, 4.69) is 26.1 Å². The van der Waals surface area contributed by atoms with E-state index in [-0.39, 0.29) is 0 Å². The fraction of sp³-hybridized carbons (Fsp3) is 0.647. The Morgan fingerprint density at radius 1 is 1.18 bits per heavy atom. The van der Waals surface area contributed by atoms with Crippen LogP contribution in [0.25, 0.3) is 0 Å². The average Bonchev–Trinajstić information content (AvgIpc) is 2.57. The first-order valence-corrected chi connectivity index (χ1v) is 9.47. The molecule has 2 fully saturated rings. The lowest BCUT2D eigenvalue weighted by atomic mass is 9.80. The lowest BCUT2D eigenvalue weighted by Crippen LogP contribution is -2.47. The first kappa shape index (κ1) is 16.6. The number of hydrogen-bond acceptors (Lipinski definition) is 3. The Labute approximate surface area is 146 Å². The molecule has 3 rings (SSSR count). The molecule has 1 aliphatic heterocycles. The second kappa shape index (κ2) is 7.52. The number of hydrogen-bond donors (Lipinski definition) is 2. The summed E-state index contributed by atoms with van der Waals surface area (Å²) in [4.78, 5) is 2.54. The van der Waals surface area contributed by atoms with E-state index in [4.69, 9.17) is 11.6 Å². The Morgan fingerprint density at radius 2 is 1.86 bits per heavy atom. The van der Waals surface area contributed by atoms with Crippen molar-refractivity contribution < 1.29 is 5.11 Å². The maximum atomic E-state index is 10.6. The van der Waals surface area contributed by atoms with Crippen molar-refractivity contribution in [2.75, 3.05) is 26.2 Å². The van der Waals surface area contributed by atoms with Crippen molar-refractivity contribution >= 4 is 27.5 Å². The average molecular weight is 388 g/mol. The van der Waals surface area contributed by atoms with Gasteiger partial charge < -0.3 is 10.4 Å². The van der Waals surface area contributed by atoms with Gasteiger partial charge in [-0.1, -0.05) is 36.9 Å². The standard InChI is InChI=1S/C17H24BrClN2O/c18-15-14(19)7-6-13(17(15)22)16(12-4-2-1-3-5-12)21-10-8-20-9-11-21/h6-7,12,16,20,22H,1-5,8-11H2/t16-/m1/s1. The number of benzene rings is 1. The van der Waals surface area contributed by atoms with Gasteiger partial charge in [-0.2, -0.15) is 0 Å². The summed E-state index contributed by atoms with van der Waals surface area (Å²) in [5.41, 5.74) is 1.03. The fourth-order valence-corrected chi connectivity index (χ4v) is 4.47. The van der Waals surface area contributed by atoms with Gasteiger partial charge in [0.25, 0.3) is 0 Å². The zero-order valence-electron chi connectivity index (χ0n) is 12.8. The van der Waals surface area contributed by atoms with E-state index in [1.807, 2.05) is 12.1 Å². The molecule has 3 nitrogen and oxygen atoms in total. The van der Waals surface area contributed by atoms with Crippen LogP contribution >= 0.6 is 27.5 Å². The van der Waals surface area contributed by atoms with Gasteiger partial charge >= 0.3 is 0 Å². The van der Waals surface area contributed by atoms with Crippen LogP contribution in [0.5, 0.6) is 5.75 Å². The van der Waals surface area contributed by atoms with E-state index in [9.17, 15) is 5.11 Å². The van der Waals surface area contributed by atoms with Crippen LogP contribution < -0.4 is 5.32 Å². The van der Waals surface area contributed by atoms with Crippen molar-refractivity contribution in [3.8, 4) is 5.75 Å². The lowest BCUT2D eigenvalue weighted by molar-refractivity contribution is 0.101. The van der Waals surface area contributed by atoms with Gasteiger partial charge in [-0.15, -0.1) is 0 Å². The fourth-order valence-electron chi connectivity index (χ4n) is 3.95. The molecule has 0 amide bonds. The summed E-state index contributed by atoms with van der Waals surface area (Å²) < 4.78 is 0.627. The largest absolute Gasteiger partial charge is 0.506 e. The molecule has 1 aromatic carbocycles. The molecule has 1 heterocycles. The van der Waals surface area contributed by atoms with Gasteiger partial charge in [-0.3, -0.25) is 4.90 Å². The van der Waals surface area contributed by atoms with Gasteiger partial charge in [-0.25, -0.2) is 0 Å². The van der Waals surface area contributed by atoms with Crippen LogP contribution in [0.1, 0.15) is 43.7 Å². The molecule has 0 radical (unpaired) electrons. The number of phenolic OH excluding ortho intramolecular Hbond substituents is 1. The molecule has 0 bridgehead atoms. The summed E-state index contributed by atoms with van der Waals surface area (Å²) in [6.45, 7) is 4.14. The summed E-state index contributed by atoms with van der Waals surface area (Å²) in [5.74, 6) is 0.951. The van der Waals surface area contributed by atoms with Crippen molar-refractivity contribution in [1.29, 1.82) is 0 Å². The number of phenols is 1. The number of piperazine rings is 1. The van der Waals surface area contributed by atoms with Gasteiger partial charge in [-0.05, 0) is 40.8 Å². The van der Waals surface area contributed by atoms with Crippen LogP contribution in [0.15, 0.2) is 16.6 Å². The van der Waals surface area contributed by atoms with Crippen molar-refractivity contribution in [3.63, 3.8) is 0 Å². The summed E-state index contributed by atoms with van der Waals surface area (Å²) in [6.07, 6.45) is 6.48. The molecule has 0 unspecified atom stereocenters. The molecule has 1 aromatic rings. The van der Waals surface area contributed by atoms with Crippen molar-refractivity contribution in [1.82, 2.24) is 10.2 Å². The highest BCUT2D eigenvalue weighted by molar-refractivity contribution is 9.10. The molecule has 1 saturated heterocycles. The van der Waals surface area contributed by atoms with Gasteiger partial charge in [0.1, 0.15) is 5.75 Å². The predicted octanol–water partition coefficient (Wildman–Crippen LogP) is 4.33. The van der Waals surface area contributed by atoms with Crippen LogP contribution in [0, 0.1) is 5.92 Å². The molecule has 1 aliphatic carbocycles. The Kier molecular flexibility index (Phi) is 5.66. The minimum atomic E-state index is 0.302. The Bertz CT molecular complexity index is 496. The molecule has 0 aromatic heterocycles. The Balaban J connectivity index is 1.94. The zero-order chi connectivity index (χ0) is 15.5. The second-order valence-electron chi connectivity index (χ2n) is 6.43. The van der Waals surface area contributed by atoms with Gasteiger partial charge in [0.05, 0.1) is 9.50 Å². The van der Waals surface area contributed by atoms with Crippen molar-refractivity contribution in [3.05, 3.63) is 27.2 Å². The molecule has 2 N–H and O–H groups in total. The van der Waals surface area contributed by atoms with E-state index < -0.39 is 0 Å². The summed E-state index contributed by atoms with van der Waals surface area (Å²) in [7, 11) is 0. The molecule has 1 saturated carbocycles. The zero-order valence-corrected chi connectivity index (χ0v) is 15.2. The molecule has 1 atom stereocenters. The van der Waals surface area contributed by atoms with E-state index in [1.165, 1.54) is 32.1 Å². The minimum absolute atomic E-state index is 0.302. The van der Waals surface area contributed by atoms with Crippen LogP contribution in [0.2, 0.25) is 5.02 Å². The summed E-state index contributed by atoms with van der Waals surface area (Å²) in [6, 6.07) is 4.22. The maximum Gasteiger partial charge on any atom is 0.136 e. The molecule has 0 spiro atoms. The molecular weight excluding hydrogens is 364 g/mol. The molecule has 5 heteroatoms. The van der Waals surface area contributed by atoms with Gasteiger partial charge in [0.15, 0.2) is 0 Å². The molecular formula is C17H24BrClN2O. The highest BCUT2D eigenvalue weighted by Gasteiger charge is 2.33. The van der Waals surface area contributed by atoms with Crippen molar-refractivity contribution in [2.24, 2.45) is 5.92 Å². The number of nitrogens with zero attached hydrogens (tertiary/aromatic N) is 1. The monoisotopic (exact) mass is 386 g/mol. The summed E-state index contributed by atoms with van der Waals surface area (Å²) >= 11 is 9.57. The lowest BCUT2D eigenvalue weighted by Gasteiger charge is -2.41. The van der Waals surface area contributed by atoms with Crippen LogP contribution in [-0.2, 0) is 0 Å². The number of aromatic hydroxyl groups is 1. The minimum Gasteiger partial charge on any atom is -0.506 e. The maximum absolute atomic E-state index is 10.6. The van der Waals surface area contributed by atoms with Crippen LogP contribution in [0.4, 0.5) is 0 Å². The normalized spacial score (nSPS) is 22.6. The van der Waals surface area contributed by atoms with Gasteiger partial charge in [0.2, 0.25) is 0 Å². The quantitative estimate of drug-likeness (QED) is 0.810. The first-order valence-electron chi connectivity index (χ1n) is 8.30. The van der Waals surface area contributed by atoms with Gasteiger partial charge in [0, 0.05) is 37.8 Å². The van der Waals surface area contributed by atoms with Crippen molar-refractivity contribution in [2.45, 2.75) is 38.1 Å². The molecule has 22 heavy (non-hydrogen) atoms. The Hall–Kier alpha value is -0.290. The third kappa shape index (κ3) is 3.45. The topological polar surface area (TPSA) is 35.5 Å². The SMILES string of the molecule is Oc1c([C@@H](C2CCCCC2)N2CCNCC2)ccc(Cl)c1Br. The van der Waals surface area contributed by atoms with Crippen LogP contribution in [-0.4, -0.2) is 36.2 Å². The first-order chi connectivity index (χ1) is 10.7.